The summed E-state index contributed by atoms with van der Waals surface area (Å²) in [5.74, 6) is 0.290. The third-order valence-corrected chi connectivity index (χ3v) is 3.42. The number of nitrogens with zero attached hydrogens (tertiary/aromatic N) is 5. The largest absolute Gasteiger partial charge is 0.422 e. The molecule has 0 aliphatic heterocycles. The van der Waals surface area contributed by atoms with Crippen molar-refractivity contribution >= 4 is 11.0 Å². The SMILES string of the molecule is N#Cc1c(-c2nnco2)n(-c2ccccc2)c2ncccc12. The van der Waals surface area contributed by atoms with E-state index in [1.165, 1.54) is 6.39 Å². The molecular formula is C16H9N5O. The average Bonchev–Trinajstić information content (AvgIpc) is 3.21. The van der Waals surface area contributed by atoms with Gasteiger partial charge in [0.05, 0.1) is 5.56 Å². The quantitative estimate of drug-likeness (QED) is 0.566. The number of fused-ring (bicyclic) bond motifs is 1. The summed E-state index contributed by atoms with van der Waals surface area (Å²) < 4.78 is 7.19. The minimum Gasteiger partial charge on any atom is -0.422 e. The zero-order chi connectivity index (χ0) is 14.9. The Hall–Kier alpha value is -3.46. The lowest BCUT2D eigenvalue weighted by molar-refractivity contribution is 0.565. The van der Waals surface area contributed by atoms with Gasteiger partial charge >= 0.3 is 0 Å². The molecule has 0 spiro atoms. The maximum Gasteiger partial charge on any atom is 0.265 e. The minimum atomic E-state index is 0.290. The Bertz CT molecular complexity index is 981. The van der Waals surface area contributed by atoms with E-state index in [4.69, 9.17) is 4.42 Å². The molecule has 0 aliphatic carbocycles. The maximum absolute atomic E-state index is 9.59. The van der Waals surface area contributed by atoms with Crippen molar-refractivity contribution in [2.75, 3.05) is 0 Å². The highest BCUT2D eigenvalue weighted by Gasteiger charge is 2.23. The van der Waals surface area contributed by atoms with Crippen molar-refractivity contribution in [2.24, 2.45) is 0 Å². The van der Waals surface area contributed by atoms with Crippen LogP contribution in [-0.4, -0.2) is 19.7 Å². The molecule has 4 rings (SSSR count). The molecule has 0 amide bonds. The van der Waals surface area contributed by atoms with Gasteiger partial charge in [0.2, 0.25) is 6.39 Å². The van der Waals surface area contributed by atoms with Gasteiger partial charge in [0.25, 0.3) is 5.89 Å². The lowest BCUT2D eigenvalue weighted by atomic mass is 10.2. The number of rotatable bonds is 2. The molecule has 3 aromatic heterocycles. The number of nitriles is 1. The van der Waals surface area contributed by atoms with Crippen LogP contribution in [0.4, 0.5) is 0 Å². The van der Waals surface area contributed by atoms with E-state index in [0.29, 0.717) is 22.8 Å². The molecule has 0 atom stereocenters. The summed E-state index contributed by atoms with van der Waals surface area (Å²) in [5, 5.41) is 18.0. The first-order valence-electron chi connectivity index (χ1n) is 6.61. The monoisotopic (exact) mass is 287 g/mol. The third-order valence-electron chi connectivity index (χ3n) is 3.42. The second kappa shape index (κ2) is 4.82. The fourth-order valence-corrected chi connectivity index (χ4v) is 2.54. The van der Waals surface area contributed by atoms with Gasteiger partial charge in [-0.2, -0.15) is 5.26 Å². The summed E-state index contributed by atoms with van der Waals surface area (Å²) in [4.78, 5) is 4.42. The Morgan fingerprint density at radius 1 is 1.09 bits per heavy atom. The van der Waals surface area contributed by atoms with Crippen molar-refractivity contribution in [2.45, 2.75) is 0 Å². The van der Waals surface area contributed by atoms with Crippen LogP contribution in [0.25, 0.3) is 28.3 Å². The van der Waals surface area contributed by atoms with E-state index in [1.807, 2.05) is 41.0 Å². The Morgan fingerprint density at radius 3 is 2.68 bits per heavy atom. The molecule has 0 N–H and O–H groups in total. The van der Waals surface area contributed by atoms with Gasteiger partial charge in [-0.3, -0.25) is 4.57 Å². The minimum absolute atomic E-state index is 0.290. The zero-order valence-corrected chi connectivity index (χ0v) is 11.3. The third kappa shape index (κ3) is 1.70. The molecule has 104 valence electrons. The fourth-order valence-electron chi connectivity index (χ4n) is 2.54. The topological polar surface area (TPSA) is 80.5 Å². The number of aromatic nitrogens is 4. The lowest BCUT2D eigenvalue weighted by Gasteiger charge is -2.07. The number of hydrogen-bond donors (Lipinski definition) is 0. The summed E-state index contributed by atoms with van der Waals surface area (Å²) >= 11 is 0. The standard InChI is InChI=1S/C16H9N5O/c17-9-13-12-7-4-8-18-15(12)21(11-5-2-1-3-6-11)14(13)16-20-19-10-22-16/h1-8,10H. The van der Waals surface area contributed by atoms with Crippen LogP contribution in [0.5, 0.6) is 0 Å². The number of para-hydroxylation sites is 1. The zero-order valence-electron chi connectivity index (χ0n) is 11.3. The summed E-state index contributed by atoms with van der Waals surface area (Å²) in [6.07, 6.45) is 2.94. The van der Waals surface area contributed by atoms with Crippen LogP contribution < -0.4 is 0 Å². The van der Waals surface area contributed by atoms with Crippen molar-refractivity contribution in [3.8, 4) is 23.3 Å². The lowest BCUT2D eigenvalue weighted by Crippen LogP contribution is -1.98. The molecule has 1 aromatic carbocycles. The van der Waals surface area contributed by atoms with Gasteiger partial charge in [0.1, 0.15) is 17.4 Å². The van der Waals surface area contributed by atoms with Crippen LogP contribution in [0.1, 0.15) is 5.56 Å². The van der Waals surface area contributed by atoms with E-state index in [0.717, 1.165) is 11.1 Å². The van der Waals surface area contributed by atoms with Crippen LogP contribution in [0, 0.1) is 11.3 Å². The molecule has 0 saturated heterocycles. The predicted octanol–water partition coefficient (Wildman–Crippen LogP) is 2.95. The molecular weight excluding hydrogens is 278 g/mol. The summed E-state index contributed by atoms with van der Waals surface area (Å²) in [7, 11) is 0. The Kier molecular flexibility index (Phi) is 2.70. The first-order chi connectivity index (χ1) is 10.9. The molecule has 22 heavy (non-hydrogen) atoms. The Balaban J connectivity index is 2.19. The second-order valence-electron chi connectivity index (χ2n) is 4.62. The molecule has 6 heteroatoms. The molecule has 0 radical (unpaired) electrons. The first-order valence-corrected chi connectivity index (χ1v) is 6.61. The van der Waals surface area contributed by atoms with Crippen molar-refractivity contribution in [3.05, 3.63) is 60.6 Å². The maximum atomic E-state index is 9.59. The summed E-state index contributed by atoms with van der Waals surface area (Å²) in [5.41, 5.74) is 2.58. The molecule has 0 aliphatic rings. The molecule has 0 bridgehead atoms. The van der Waals surface area contributed by atoms with Crippen LogP contribution in [0.3, 0.4) is 0 Å². The van der Waals surface area contributed by atoms with Crippen molar-refractivity contribution in [1.82, 2.24) is 19.7 Å². The van der Waals surface area contributed by atoms with Crippen molar-refractivity contribution in [1.29, 1.82) is 5.26 Å². The van der Waals surface area contributed by atoms with E-state index >= 15 is 0 Å². The molecule has 0 unspecified atom stereocenters. The van der Waals surface area contributed by atoms with Crippen LogP contribution in [0.15, 0.2) is 59.5 Å². The fraction of sp³-hybridized carbons (Fsp3) is 0. The molecule has 0 fully saturated rings. The van der Waals surface area contributed by atoms with E-state index < -0.39 is 0 Å². The van der Waals surface area contributed by atoms with Gasteiger partial charge < -0.3 is 4.42 Å². The first kappa shape index (κ1) is 12.3. The summed E-state index contributed by atoms with van der Waals surface area (Å²) in [6, 6.07) is 15.6. The van der Waals surface area contributed by atoms with Gasteiger partial charge in [-0.25, -0.2) is 4.98 Å². The van der Waals surface area contributed by atoms with Gasteiger partial charge in [-0.15, -0.1) is 10.2 Å². The number of hydrogen-bond acceptors (Lipinski definition) is 5. The predicted molar refractivity (Wildman–Crippen MR) is 79.1 cm³/mol. The van der Waals surface area contributed by atoms with Gasteiger partial charge in [-0.05, 0) is 24.3 Å². The molecule has 6 nitrogen and oxygen atoms in total. The van der Waals surface area contributed by atoms with Crippen LogP contribution in [-0.2, 0) is 0 Å². The van der Waals surface area contributed by atoms with E-state index in [-0.39, 0.29) is 0 Å². The molecule has 0 saturated carbocycles. The smallest absolute Gasteiger partial charge is 0.265 e. The molecule has 3 heterocycles. The highest BCUT2D eigenvalue weighted by Crippen LogP contribution is 2.33. The van der Waals surface area contributed by atoms with Gasteiger partial charge in [0, 0.05) is 17.3 Å². The van der Waals surface area contributed by atoms with Gasteiger partial charge in [0.15, 0.2) is 0 Å². The number of benzene rings is 1. The highest BCUT2D eigenvalue weighted by atomic mass is 16.4. The normalized spacial score (nSPS) is 10.7. The number of pyridine rings is 1. The second-order valence-corrected chi connectivity index (χ2v) is 4.62. The summed E-state index contributed by atoms with van der Waals surface area (Å²) in [6.45, 7) is 0. The van der Waals surface area contributed by atoms with Crippen LogP contribution in [0.2, 0.25) is 0 Å². The highest BCUT2D eigenvalue weighted by molar-refractivity contribution is 5.92. The van der Waals surface area contributed by atoms with Gasteiger partial charge in [-0.1, -0.05) is 18.2 Å². The van der Waals surface area contributed by atoms with Crippen LogP contribution >= 0.6 is 0 Å². The van der Waals surface area contributed by atoms with E-state index in [9.17, 15) is 5.26 Å². The Morgan fingerprint density at radius 2 is 1.95 bits per heavy atom. The average molecular weight is 287 g/mol. The Labute approximate surface area is 125 Å². The van der Waals surface area contributed by atoms with Crippen molar-refractivity contribution in [3.63, 3.8) is 0 Å². The van der Waals surface area contributed by atoms with E-state index in [2.05, 4.69) is 21.3 Å². The van der Waals surface area contributed by atoms with Crippen molar-refractivity contribution < 1.29 is 4.42 Å². The van der Waals surface area contributed by atoms with E-state index in [1.54, 1.807) is 12.3 Å². The molecule has 4 aromatic rings.